The highest BCUT2D eigenvalue weighted by Crippen LogP contribution is 2.07. The van der Waals surface area contributed by atoms with Crippen LogP contribution in [0.15, 0.2) is 30.3 Å². The fourth-order valence-electron chi connectivity index (χ4n) is 2.38. The number of hydrogen-bond donors (Lipinski definition) is 2. The van der Waals surface area contributed by atoms with E-state index in [9.17, 15) is 14.4 Å². The second-order valence-electron chi connectivity index (χ2n) is 6.05. The van der Waals surface area contributed by atoms with Gasteiger partial charge in [-0.3, -0.25) is 9.59 Å². The average Bonchev–Trinajstić information content (AvgIpc) is 2.59. The second kappa shape index (κ2) is 12.1. The van der Waals surface area contributed by atoms with Crippen LogP contribution < -0.4 is 11.1 Å². The van der Waals surface area contributed by atoms with E-state index in [0.717, 1.165) is 37.7 Å². The highest BCUT2D eigenvalue weighted by atomic mass is 16.5. The van der Waals surface area contributed by atoms with E-state index < -0.39 is 17.9 Å². The summed E-state index contributed by atoms with van der Waals surface area (Å²) >= 11 is 0. The van der Waals surface area contributed by atoms with E-state index in [-0.39, 0.29) is 18.9 Å². The molecule has 0 saturated heterocycles. The van der Waals surface area contributed by atoms with Gasteiger partial charge in [-0.25, -0.2) is 4.79 Å². The number of ether oxygens (including phenoxy) is 1. The third kappa shape index (κ3) is 9.49. The maximum absolute atomic E-state index is 12.2. The molecular weight excluding hydrogens is 320 g/mol. The predicted octanol–water partition coefficient (Wildman–Crippen LogP) is 2.45. The molecule has 0 spiro atoms. The van der Waals surface area contributed by atoms with E-state index in [0.29, 0.717) is 6.42 Å². The summed E-state index contributed by atoms with van der Waals surface area (Å²) in [6.07, 6.45) is 5.17. The SMILES string of the molecule is CCCCCCCC(=O)N[C@H](CC(N)=O)C(=O)OCc1ccccc1. The molecule has 6 heteroatoms. The molecule has 1 atom stereocenters. The molecule has 0 bridgehead atoms. The fraction of sp³-hybridized carbons (Fsp3) is 0.526. The zero-order valence-corrected chi connectivity index (χ0v) is 14.8. The minimum absolute atomic E-state index is 0.0851. The molecular formula is C19H28N2O4. The number of hydrogen-bond acceptors (Lipinski definition) is 4. The van der Waals surface area contributed by atoms with Crippen molar-refractivity contribution in [3.63, 3.8) is 0 Å². The lowest BCUT2D eigenvalue weighted by atomic mass is 10.1. The molecule has 6 nitrogen and oxygen atoms in total. The van der Waals surface area contributed by atoms with Gasteiger partial charge in [0.1, 0.15) is 12.6 Å². The van der Waals surface area contributed by atoms with Crippen molar-refractivity contribution in [2.75, 3.05) is 0 Å². The first kappa shape index (κ1) is 20.7. The van der Waals surface area contributed by atoms with Gasteiger partial charge in [0, 0.05) is 6.42 Å². The Balaban J connectivity index is 2.44. The molecule has 3 N–H and O–H groups in total. The van der Waals surface area contributed by atoms with E-state index >= 15 is 0 Å². The molecule has 0 aliphatic heterocycles. The van der Waals surface area contributed by atoms with E-state index in [2.05, 4.69) is 12.2 Å². The molecule has 2 amide bonds. The Hall–Kier alpha value is -2.37. The summed E-state index contributed by atoms with van der Waals surface area (Å²) in [6.45, 7) is 2.21. The van der Waals surface area contributed by atoms with Gasteiger partial charge in [0.2, 0.25) is 11.8 Å². The first-order valence-corrected chi connectivity index (χ1v) is 8.81. The summed E-state index contributed by atoms with van der Waals surface area (Å²) in [6, 6.07) is 8.15. The van der Waals surface area contributed by atoms with Gasteiger partial charge in [-0.05, 0) is 12.0 Å². The Morgan fingerprint density at radius 1 is 1.08 bits per heavy atom. The molecule has 0 heterocycles. The van der Waals surface area contributed by atoms with Crippen molar-refractivity contribution in [3.05, 3.63) is 35.9 Å². The number of rotatable bonds is 12. The number of carbonyl (C=O) groups is 3. The molecule has 0 aliphatic carbocycles. The van der Waals surface area contributed by atoms with E-state index in [1.165, 1.54) is 0 Å². The predicted molar refractivity (Wildman–Crippen MR) is 95.4 cm³/mol. The summed E-state index contributed by atoms with van der Waals surface area (Å²) in [5.74, 6) is -1.58. The number of benzene rings is 1. The van der Waals surface area contributed by atoms with Gasteiger partial charge in [-0.15, -0.1) is 0 Å². The van der Waals surface area contributed by atoms with Crippen molar-refractivity contribution in [1.82, 2.24) is 5.32 Å². The Kier molecular flexibility index (Phi) is 9.97. The lowest BCUT2D eigenvalue weighted by molar-refractivity contribution is -0.150. The highest BCUT2D eigenvalue weighted by molar-refractivity contribution is 5.88. The van der Waals surface area contributed by atoms with Gasteiger partial charge in [0.15, 0.2) is 0 Å². The Morgan fingerprint density at radius 2 is 1.76 bits per heavy atom. The zero-order chi connectivity index (χ0) is 18.5. The van der Waals surface area contributed by atoms with Crippen LogP contribution in [0.1, 0.15) is 57.4 Å². The maximum Gasteiger partial charge on any atom is 0.329 e. The van der Waals surface area contributed by atoms with Crippen molar-refractivity contribution < 1.29 is 19.1 Å². The number of carbonyl (C=O) groups excluding carboxylic acids is 3. The normalized spacial score (nSPS) is 11.6. The van der Waals surface area contributed by atoms with Gasteiger partial charge in [-0.2, -0.15) is 0 Å². The highest BCUT2D eigenvalue weighted by Gasteiger charge is 2.24. The fourth-order valence-corrected chi connectivity index (χ4v) is 2.38. The maximum atomic E-state index is 12.2. The third-order valence-electron chi connectivity index (χ3n) is 3.76. The molecule has 0 unspecified atom stereocenters. The van der Waals surface area contributed by atoms with E-state index in [4.69, 9.17) is 10.5 Å². The van der Waals surface area contributed by atoms with Crippen LogP contribution in [0.25, 0.3) is 0 Å². The summed E-state index contributed by atoms with van der Waals surface area (Å²) in [7, 11) is 0. The Morgan fingerprint density at radius 3 is 2.40 bits per heavy atom. The smallest absolute Gasteiger partial charge is 0.329 e. The first-order chi connectivity index (χ1) is 12.0. The largest absolute Gasteiger partial charge is 0.459 e. The van der Waals surface area contributed by atoms with Crippen molar-refractivity contribution in [3.8, 4) is 0 Å². The molecule has 1 aromatic carbocycles. The minimum atomic E-state index is -1.04. The third-order valence-corrected chi connectivity index (χ3v) is 3.76. The number of primary amides is 1. The second-order valence-corrected chi connectivity index (χ2v) is 6.05. The van der Waals surface area contributed by atoms with Crippen LogP contribution in [0.5, 0.6) is 0 Å². The van der Waals surface area contributed by atoms with E-state index in [1.807, 2.05) is 30.3 Å². The number of esters is 1. The van der Waals surface area contributed by atoms with Crippen LogP contribution >= 0.6 is 0 Å². The molecule has 0 aromatic heterocycles. The lowest BCUT2D eigenvalue weighted by Crippen LogP contribution is -2.44. The molecule has 0 saturated carbocycles. The molecule has 25 heavy (non-hydrogen) atoms. The number of nitrogens with one attached hydrogen (secondary N) is 1. The Labute approximate surface area is 149 Å². The topological polar surface area (TPSA) is 98.5 Å². The summed E-state index contributed by atoms with van der Waals surface area (Å²) in [5, 5.41) is 2.56. The van der Waals surface area contributed by atoms with Gasteiger partial charge in [0.25, 0.3) is 0 Å². The number of amides is 2. The lowest BCUT2D eigenvalue weighted by Gasteiger charge is -2.16. The van der Waals surface area contributed by atoms with Crippen molar-refractivity contribution in [2.24, 2.45) is 5.73 Å². The van der Waals surface area contributed by atoms with Crippen LogP contribution in [0.2, 0.25) is 0 Å². The van der Waals surface area contributed by atoms with Crippen molar-refractivity contribution in [2.45, 2.75) is 64.5 Å². The summed E-state index contributed by atoms with van der Waals surface area (Å²) < 4.78 is 5.19. The first-order valence-electron chi connectivity index (χ1n) is 8.81. The van der Waals surface area contributed by atoms with Crippen LogP contribution in [0, 0.1) is 0 Å². The molecule has 1 aromatic rings. The van der Waals surface area contributed by atoms with Crippen molar-refractivity contribution >= 4 is 17.8 Å². The molecule has 0 aliphatic rings. The monoisotopic (exact) mass is 348 g/mol. The molecule has 1 rings (SSSR count). The van der Waals surface area contributed by atoms with Gasteiger partial charge >= 0.3 is 5.97 Å². The van der Waals surface area contributed by atoms with Gasteiger partial charge in [-0.1, -0.05) is 62.9 Å². The zero-order valence-electron chi connectivity index (χ0n) is 14.8. The molecule has 138 valence electrons. The minimum Gasteiger partial charge on any atom is -0.459 e. The quantitative estimate of drug-likeness (QED) is 0.448. The molecule has 0 radical (unpaired) electrons. The number of nitrogens with two attached hydrogens (primary N) is 1. The van der Waals surface area contributed by atoms with E-state index in [1.54, 1.807) is 0 Å². The summed E-state index contributed by atoms with van der Waals surface area (Å²) in [5.41, 5.74) is 6.00. The standard InChI is InChI=1S/C19H28N2O4/c1-2-3-4-5-9-12-18(23)21-16(13-17(20)22)19(24)25-14-15-10-7-6-8-11-15/h6-8,10-11,16H,2-5,9,12-14H2,1H3,(H2,20,22)(H,21,23)/t16-/m1/s1. The van der Waals surface area contributed by atoms with Gasteiger partial charge in [0.05, 0.1) is 6.42 Å². The van der Waals surface area contributed by atoms with Gasteiger partial charge < -0.3 is 15.8 Å². The molecule has 0 fully saturated rings. The average molecular weight is 348 g/mol. The van der Waals surface area contributed by atoms with Crippen LogP contribution in [-0.2, 0) is 25.7 Å². The summed E-state index contributed by atoms with van der Waals surface area (Å²) in [4.78, 5) is 35.3. The van der Waals surface area contributed by atoms with Crippen LogP contribution in [0.3, 0.4) is 0 Å². The van der Waals surface area contributed by atoms with Crippen LogP contribution in [0.4, 0.5) is 0 Å². The van der Waals surface area contributed by atoms with Crippen LogP contribution in [-0.4, -0.2) is 23.8 Å². The van der Waals surface area contributed by atoms with Crippen molar-refractivity contribution in [1.29, 1.82) is 0 Å². The Bertz CT molecular complexity index is 546. The number of unbranched alkanes of at least 4 members (excludes halogenated alkanes) is 4.